The molecule has 3 heteroatoms. The molecule has 2 aromatic heterocycles. The summed E-state index contributed by atoms with van der Waals surface area (Å²) in [5.74, 6) is 0.795. The molecule has 1 N–H and O–H groups in total. The maximum absolute atomic E-state index is 3.84. The maximum Gasteiger partial charge on any atom is 0.0465 e. The number of rotatable bonds is 8. The van der Waals surface area contributed by atoms with Gasteiger partial charge in [-0.05, 0) is 42.2 Å². The molecule has 1 nitrogen and oxygen atoms in total. The van der Waals surface area contributed by atoms with Crippen LogP contribution >= 0.6 is 22.7 Å². The van der Waals surface area contributed by atoms with Crippen molar-refractivity contribution in [3.63, 3.8) is 0 Å². The first-order valence-corrected chi connectivity index (χ1v) is 9.26. The third-order valence-electron chi connectivity index (χ3n) is 3.81. The molecule has 0 saturated heterocycles. The Hall–Kier alpha value is -0.640. The molecule has 110 valence electrons. The minimum Gasteiger partial charge on any atom is -0.306 e. The van der Waals surface area contributed by atoms with Gasteiger partial charge < -0.3 is 5.32 Å². The van der Waals surface area contributed by atoms with Crippen molar-refractivity contribution >= 4 is 22.7 Å². The molecule has 3 unspecified atom stereocenters. The average molecular weight is 308 g/mol. The fourth-order valence-corrected chi connectivity index (χ4v) is 4.08. The first kappa shape index (κ1) is 15.7. The highest BCUT2D eigenvalue weighted by Gasteiger charge is 2.17. The van der Waals surface area contributed by atoms with E-state index in [0.29, 0.717) is 12.1 Å². The molecular formula is C17H25NS2. The Kier molecular flexibility index (Phi) is 6.27. The molecule has 0 amide bonds. The van der Waals surface area contributed by atoms with Crippen molar-refractivity contribution in [1.29, 1.82) is 0 Å². The standard InChI is InChI=1S/C17H25NS2/c1-4-13(2)11-14(3)18-16(17-8-6-10-20-17)12-15-7-5-9-19-15/h5-10,13-14,16,18H,4,11-12H2,1-3H3. The van der Waals surface area contributed by atoms with Crippen molar-refractivity contribution in [3.05, 3.63) is 44.8 Å². The predicted molar refractivity (Wildman–Crippen MR) is 91.8 cm³/mol. The second kappa shape index (κ2) is 7.96. The summed E-state index contributed by atoms with van der Waals surface area (Å²) >= 11 is 3.72. The quantitative estimate of drug-likeness (QED) is 0.678. The molecule has 2 rings (SSSR count). The Labute approximate surface area is 131 Å². The molecule has 3 atom stereocenters. The monoisotopic (exact) mass is 307 g/mol. The van der Waals surface area contributed by atoms with Gasteiger partial charge in [-0.2, -0.15) is 0 Å². The van der Waals surface area contributed by atoms with E-state index in [-0.39, 0.29) is 0 Å². The van der Waals surface area contributed by atoms with Crippen LogP contribution in [0.15, 0.2) is 35.0 Å². The van der Waals surface area contributed by atoms with Gasteiger partial charge in [-0.15, -0.1) is 22.7 Å². The van der Waals surface area contributed by atoms with Crippen LogP contribution < -0.4 is 5.32 Å². The topological polar surface area (TPSA) is 12.0 Å². The van der Waals surface area contributed by atoms with Gasteiger partial charge in [0.25, 0.3) is 0 Å². The predicted octanol–water partition coefficient (Wildman–Crippen LogP) is 5.51. The van der Waals surface area contributed by atoms with E-state index < -0.39 is 0 Å². The molecule has 0 spiro atoms. The molecule has 0 fully saturated rings. The van der Waals surface area contributed by atoms with Crippen molar-refractivity contribution < 1.29 is 0 Å². The van der Waals surface area contributed by atoms with E-state index in [2.05, 4.69) is 61.1 Å². The smallest absolute Gasteiger partial charge is 0.0465 e. The molecule has 20 heavy (non-hydrogen) atoms. The van der Waals surface area contributed by atoms with Gasteiger partial charge in [-0.25, -0.2) is 0 Å². The summed E-state index contributed by atoms with van der Waals surface area (Å²) in [4.78, 5) is 2.92. The summed E-state index contributed by atoms with van der Waals surface area (Å²) in [6, 6.07) is 9.82. The number of hydrogen-bond donors (Lipinski definition) is 1. The Balaban J connectivity index is 1.99. The normalized spacial score (nSPS) is 15.9. The number of nitrogens with one attached hydrogen (secondary N) is 1. The van der Waals surface area contributed by atoms with Gasteiger partial charge in [0.05, 0.1) is 0 Å². The van der Waals surface area contributed by atoms with Gasteiger partial charge in [0.2, 0.25) is 0 Å². The Bertz CT molecular complexity index is 461. The maximum atomic E-state index is 3.84. The minimum atomic E-state index is 0.452. The molecule has 2 aromatic rings. The molecule has 0 radical (unpaired) electrons. The van der Waals surface area contributed by atoms with Crippen LogP contribution in [0.1, 0.15) is 49.4 Å². The van der Waals surface area contributed by atoms with E-state index in [4.69, 9.17) is 0 Å². The number of thiophene rings is 2. The van der Waals surface area contributed by atoms with Crippen molar-refractivity contribution in [1.82, 2.24) is 5.32 Å². The zero-order valence-corrected chi connectivity index (χ0v) is 14.3. The van der Waals surface area contributed by atoms with Crippen LogP contribution in [-0.2, 0) is 6.42 Å². The van der Waals surface area contributed by atoms with Crippen LogP contribution in [0.2, 0.25) is 0 Å². The highest BCUT2D eigenvalue weighted by atomic mass is 32.1. The molecular weight excluding hydrogens is 282 g/mol. The van der Waals surface area contributed by atoms with E-state index in [1.54, 1.807) is 0 Å². The lowest BCUT2D eigenvalue weighted by atomic mass is 9.99. The lowest BCUT2D eigenvalue weighted by Gasteiger charge is -2.24. The number of hydrogen-bond acceptors (Lipinski definition) is 3. The molecule has 2 heterocycles. The van der Waals surface area contributed by atoms with Crippen LogP contribution in [0.4, 0.5) is 0 Å². The molecule has 0 aromatic carbocycles. The van der Waals surface area contributed by atoms with Gasteiger partial charge in [-0.1, -0.05) is 32.4 Å². The second-order valence-corrected chi connectivity index (χ2v) is 7.68. The van der Waals surface area contributed by atoms with E-state index in [9.17, 15) is 0 Å². The second-order valence-electron chi connectivity index (χ2n) is 5.67. The van der Waals surface area contributed by atoms with Crippen molar-refractivity contribution in [2.24, 2.45) is 5.92 Å². The van der Waals surface area contributed by atoms with Gasteiger partial charge >= 0.3 is 0 Å². The highest BCUT2D eigenvalue weighted by molar-refractivity contribution is 7.10. The summed E-state index contributed by atoms with van der Waals surface area (Å²) in [7, 11) is 0. The minimum absolute atomic E-state index is 0.452. The molecule has 0 aliphatic rings. The van der Waals surface area contributed by atoms with Gasteiger partial charge in [0, 0.05) is 28.3 Å². The van der Waals surface area contributed by atoms with Crippen LogP contribution in [0.25, 0.3) is 0 Å². The average Bonchev–Trinajstić information content (AvgIpc) is 3.10. The van der Waals surface area contributed by atoms with E-state index in [0.717, 1.165) is 12.3 Å². The first-order valence-electron chi connectivity index (χ1n) is 7.50. The zero-order valence-electron chi connectivity index (χ0n) is 12.6. The summed E-state index contributed by atoms with van der Waals surface area (Å²) in [6.07, 6.45) is 3.62. The molecule has 0 saturated carbocycles. The Morgan fingerprint density at radius 3 is 2.45 bits per heavy atom. The van der Waals surface area contributed by atoms with Crippen molar-refractivity contribution in [2.45, 2.75) is 52.1 Å². The van der Waals surface area contributed by atoms with Gasteiger partial charge in [0.1, 0.15) is 0 Å². The largest absolute Gasteiger partial charge is 0.306 e. The lowest BCUT2D eigenvalue weighted by Crippen LogP contribution is -2.32. The Morgan fingerprint density at radius 2 is 1.85 bits per heavy atom. The zero-order chi connectivity index (χ0) is 14.4. The van der Waals surface area contributed by atoms with Gasteiger partial charge in [-0.3, -0.25) is 0 Å². The van der Waals surface area contributed by atoms with Crippen LogP contribution in [-0.4, -0.2) is 6.04 Å². The summed E-state index contributed by atoms with van der Waals surface area (Å²) in [6.45, 7) is 6.94. The lowest BCUT2D eigenvalue weighted by molar-refractivity contribution is 0.377. The summed E-state index contributed by atoms with van der Waals surface area (Å²) < 4.78 is 0. The summed E-state index contributed by atoms with van der Waals surface area (Å²) in [5.41, 5.74) is 0. The Morgan fingerprint density at radius 1 is 1.10 bits per heavy atom. The van der Waals surface area contributed by atoms with Crippen LogP contribution in [0.3, 0.4) is 0 Å². The first-order chi connectivity index (χ1) is 9.69. The van der Waals surface area contributed by atoms with E-state index in [1.807, 2.05) is 22.7 Å². The van der Waals surface area contributed by atoms with E-state index in [1.165, 1.54) is 22.6 Å². The third-order valence-corrected chi connectivity index (χ3v) is 5.70. The van der Waals surface area contributed by atoms with Crippen LogP contribution in [0, 0.1) is 5.92 Å². The third kappa shape index (κ3) is 4.72. The summed E-state index contributed by atoms with van der Waals surface area (Å²) in [5, 5.41) is 8.19. The van der Waals surface area contributed by atoms with Gasteiger partial charge in [0.15, 0.2) is 0 Å². The van der Waals surface area contributed by atoms with Crippen molar-refractivity contribution in [3.8, 4) is 0 Å². The molecule has 0 aliphatic heterocycles. The van der Waals surface area contributed by atoms with Crippen LogP contribution in [0.5, 0.6) is 0 Å². The van der Waals surface area contributed by atoms with E-state index >= 15 is 0 Å². The SMILES string of the molecule is CCC(C)CC(C)NC(Cc1cccs1)c1cccs1. The highest BCUT2D eigenvalue weighted by Crippen LogP contribution is 2.26. The fraction of sp³-hybridized carbons (Fsp3) is 0.529. The van der Waals surface area contributed by atoms with Crippen molar-refractivity contribution in [2.75, 3.05) is 0 Å². The molecule has 0 aliphatic carbocycles. The fourth-order valence-electron chi connectivity index (χ4n) is 2.54. The molecule has 0 bridgehead atoms.